The van der Waals surface area contributed by atoms with Crippen LogP contribution in [0.2, 0.25) is 0 Å². The SMILES string of the molecule is FC(F)(F)Oc1ccc(C=C2CCC3(CC2)OCCO3)cc1. The highest BCUT2D eigenvalue weighted by Crippen LogP contribution is 2.38. The second kappa shape index (κ2) is 5.93. The molecule has 120 valence electrons. The van der Waals surface area contributed by atoms with Gasteiger partial charge in [0, 0.05) is 12.8 Å². The lowest BCUT2D eigenvalue weighted by Crippen LogP contribution is -2.33. The van der Waals surface area contributed by atoms with Gasteiger partial charge in [-0.05, 0) is 30.5 Å². The Kier molecular flexibility index (Phi) is 4.14. The Hall–Kier alpha value is -1.53. The molecule has 1 aliphatic heterocycles. The van der Waals surface area contributed by atoms with Crippen LogP contribution in [0.5, 0.6) is 5.75 Å². The molecule has 6 heteroatoms. The van der Waals surface area contributed by atoms with Gasteiger partial charge in [0.1, 0.15) is 5.75 Å². The van der Waals surface area contributed by atoms with E-state index in [1.165, 1.54) is 17.7 Å². The smallest absolute Gasteiger partial charge is 0.406 e. The summed E-state index contributed by atoms with van der Waals surface area (Å²) in [7, 11) is 0. The van der Waals surface area contributed by atoms with Gasteiger partial charge in [-0.3, -0.25) is 0 Å². The largest absolute Gasteiger partial charge is 0.573 e. The Bertz CT molecular complexity index is 531. The standard InChI is InChI=1S/C16H17F3O3/c17-16(18,19)22-14-3-1-12(2-4-14)11-13-5-7-15(8-6-13)20-9-10-21-15/h1-4,11H,5-10H2. The van der Waals surface area contributed by atoms with Crippen LogP contribution in [0, 0.1) is 0 Å². The molecule has 1 aliphatic carbocycles. The van der Waals surface area contributed by atoms with Crippen LogP contribution in [0.4, 0.5) is 13.2 Å². The fraction of sp³-hybridized carbons (Fsp3) is 0.500. The first-order valence-electron chi connectivity index (χ1n) is 7.27. The number of alkyl halides is 3. The summed E-state index contributed by atoms with van der Waals surface area (Å²) in [5.74, 6) is -0.605. The molecule has 0 bridgehead atoms. The predicted molar refractivity (Wildman–Crippen MR) is 74.2 cm³/mol. The summed E-state index contributed by atoms with van der Waals surface area (Å²) in [4.78, 5) is 0. The maximum Gasteiger partial charge on any atom is 0.573 e. The molecule has 2 fully saturated rings. The second-order valence-corrected chi connectivity index (χ2v) is 5.53. The molecule has 0 unspecified atom stereocenters. The van der Waals surface area contributed by atoms with E-state index < -0.39 is 12.1 Å². The molecule has 1 saturated heterocycles. The fourth-order valence-corrected chi connectivity index (χ4v) is 2.88. The van der Waals surface area contributed by atoms with Gasteiger partial charge in [0.25, 0.3) is 0 Å². The van der Waals surface area contributed by atoms with E-state index in [9.17, 15) is 13.2 Å². The maximum atomic E-state index is 12.1. The molecule has 3 rings (SSSR count). The zero-order chi connectivity index (χ0) is 15.6. The molecule has 0 N–H and O–H groups in total. The minimum atomic E-state index is -4.65. The van der Waals surface area contributed by atoms with Crippen molar-refractivity contribution in [2.75, 3.05) is 13.2 Å². The van der Waals surface area contributed by atoms with Gasteiger partial charge in [0.2, 0.25) is 0 Å². The van der Waals surface area contributed by atoms with Crippen LogP contribution in [0.3, 0.4) is 0 Å². The average Bonchev–Trinajstić information content (AvgIpc) is 2.91. The lowest BCUT2D eigenvalue weighted by molar-refractivity contribution is -0.274. The monoisotopic (exact) mass is 314 g/mol. The Balaban J connectivity index is 1.61. The maximum absolute atomic E-state index is 12.1. The highest BCUT2D eigenvalue weighted by Gasteiger charge is 2.38. The van der Waals surface area contributed by atoms with Crippen molar-refractivity contribution in [2.45, 2.75) is 37.8 Å². The van der Waals surface area contributed by atoms with E-state index in [2.05, 4.69) is 4.74 Å². The molecule has 0 aromatic heterocycles. The van der Waals surface area contributed by atoms with Crippen LogP contribution >= 0.6 is 0 Å². The van der Waals surface area contributed by atoms with Crippen LogP contribution in [-0.4, -0.2) is 25.4 Å². The van der Waals surface area contributed by atoms with Crippen LogP contribution in [0.25, 0.3) is 6.08 Å². The zero-order valence-corrected chi connectivity index (χ0v) is 12.0. The molecule has 1 aromatic rings. The van der Waals surface area contributed by atoms with Gasteiger partial charge < -0.3 is 14.2 Å². The molecule has 1 aromatic carbocycles. The zero-order valence-electron chi connectivity index (χ0n) is 12.0. The summed E-state index contributed by atoms with van der Waals surface area (Å²) in [5.41, 5.74) is 2.13. The molecule has 1 heterocycles. The first-order chi connectivity index (χ1) is 10.4. The minimum Gasteiger partial charge on any atom is -0.406 e. The van der Waals surface area contributed by atoms with Crippen molar-refractivity contribution in [3.63, 3.8) is 0 Å². The normalized spacial score (nSPS) is 21.1. The van der Waals surface area contributed by atoms with Gasteiger partial charge in [-0.2, -0.15) is 0 Å². The Labute approximate surface area is 126 Å². The number of ether oxygens (including phenoxy) is 3. The quantitative estimate of drug-likeness (QED) is 0.815. The average molecular weight is 314 g/mol. The van der Waals surface area contributed by atoms with Gasteiger partial charge >= 0.3 is 6.36 Å². The molecule has 1 spiro atoms. The van der Waals surface area contributed by atoms with Crippen LogP contribution in [0.1, 0.15) is 31.2 Å². The molecule has 1 saturated carbocycles. The van der Waals surface area contributed by atoms with Gasteiger partial charge in [0.05, 0.1) is 13.2 Å². The second-order valence-electron chi connectivity index (χ2n) is 5.53. The van der Waals surface area contributed by atoms with Crippen LogP contribution < -0.4 is 4.74 Å². The van der Waals surface area contributed by atoms with E-state index in [1.807, 2.05) is 6.08 Å². The summed E-state index contributed by atoms with van der Waals surface area (Å²) in [6, 6.07) is 5.91. The lowest BCUT2D eigenvalue weighted by Gasteiger charge is -2.32. The minimum absolute atomic E-state index is 0.204. The number of halogens is 3. The van der Waals surface area contributed by atoms with Crippen molar-refractivity contribution >= 4 is 6.08 Å². The lowest BCUT2D eigenvalue weighted by atomic mass is 9.88. The van der Waals surface area contributed by atoms with E-state index in [4.69, 9.17) is 9.47 Å². The predicted octanol–water partition coefficient (Wildman–Crippen LogP) is 4.29. The Morgan fingerprint density at radius 1 is 1.00 bits per heavy atom. The number of allylic oxidation sites excluding steroid dienone is 1. The summed E-state index contributed by atoms with van der Waals surface area (Å²) in [6.07, 6.45) is 0.766. The molecule has 2 aliphatic rings. The highest BCUT2D eigenvalue weighted by atomic mass is 19.4. The number of hydrogen-bond donors (Lipinski definition) is 0. The summed E-state index contributed by atoms with van der Waals surface area (Å²) >= 11 is 0. The molecule has 0 amide bonds. The van der Waals surface area contributed by atoms with E-state index in [1.54, 1.807) is 12.1 Å². The Morgan fingerprint density at radius 2 is 1.59 bits per heavy atom. The van der Waals surface area contributed by atoms with Crippen molar-refractivity contribution in [2.24, 2.45) is 0 Å². The van der Waals surface area contributed by atoms with E-state index >= 15 is 0 Å². The van der Waals surface area contributed by atoms with Crippen molar-refractivity contribution in [3.05, 3.63) is 35.4 Å². The van der Waals surface area contributed by atoms with Crippen molar-refractivity contribution in [1.82, 2.24) is 0 Å². The van der Waals surface area contributed by atoms with Crippen molar-refractivity contribution < 1.29 is 27.4 Å². The van der Waals surface area contributed by atoms with Crippen LogP contribution in [0.15, 0.2) is 29.8 Å². The molecular formula is C16H17F3O3. The first-order valence-corrected chi connectivity index (χ1v) is 7.27. The third-order valence-corrected chi connectivity index (χ3v) is 3.95. The van der Waals surface area contributed by atoms with Gasteiger partial charge in [-0.25, -0.2) is 0 Å². The number of hydrogen-bond acceptors (Lipinski definition) is 3. The van der Waals surface area contributed by atoms with Gasteiger partial charge in [-0.1, -0.05) is 23.8 Å². The molecule has 0 radical (unpaired) electrons. The molecular weight excluding hydrogens is 297 g/mol. The van der Waals surface area contributed by atoms with E-state index in [0.717, 1.165) is 31.2 Å². The van der Waals surface area contributed by atoms with E-state index in [-0.39, 0.29) is 5.75 Å². The first kappa shape index (κ1) is 15.4. The molecule has 3 nitrogen and oxygen atoms in total. The van der Waals surface area contributed by atoms with E-state index in [0.29, 0.717) is 13.2 Å². The third kappa shape index (κ3) is 3.81. The molecule has 22 heavy (non-hydrogen) atoms. The van der Waals surface area contributed by atoms with Crippen molar-refractivity contribution in [3.8, 4) is 5.75 Å². The van der Waals surface area contributed by atoms with Gasteiger partial charge in [-0.15, -0.1) is 13.2 Å². The Morgan fingerprint density at radius 3 is 2.14 bits per heavy atom. The number of benzene rings is 1. The molecule has 0 atom stereocenters. The van der Waals surface area contributed by atoms with Crippen molar-refractivity contribution in [1.29, 1.82) is 0 Å². The topological polar surface area (TPSA) is 27.7 Å². The van der Waals surface area contributed by atoms with Crippen LogP contribution in [-0.2, 0) is 9.47 Å². The summed E-state index contributed by atoms with van der Waals surface area (Å²) in [5, 5.41) is 0. The highest BCUT2D eigenvalue weighted by molar-refractivity contribution is 5.54. The summed E-state index contributed by atoms with van der Waals surface area (Å²) in [6.45, 7) is 1.30. The fourth-order valence-electron chi connectivity index (χ4n) is 2.88. The number of rotatable bonds is 2. The third-order valence-electron chi connectivity index (χ3n) is 3.95. The van der Waals surface area contributed by atoms with Gasteiger partial charge in [0.15, 0.2) is 5.79 Å². The summed E-state index contributed by atoms with van der Waals surface area (Å²) < 4.78 is 51.5.